The molecule has 4 saturated heterocycles. The molecule has 128 heavy (non-hydrogen) atoms. The summed E-state index contributed by atoms with van der Waals surface area (Å²) >= 11 is 5.84. The van der Waals surface area contributed by atoms with Gasteiger partial charge in [0.2, 0.25) is 0 Å². The molecule has 9 aromatic rings. The van der Waals surface area contributed by atoms with E-state index in [4.69, 9.17) is 16.9 Å². The number of rotatable bonds is 5. The van der Waals surface area contributed by atoms with Gasteiger partial charge in [-0.2, -0.15) is 57.9 Å². The highest BCUT2D eigenvalue weighted by Gasteiger charge is 2.38. The molecule has 1 aliphatic carbocycles. The standard InChI is InChI=1S/C13H15F3.C12H15F3N2.C12H14F3N.C11H14ClN.C11H14F3N3.C11H12N2.3C11H15N/c1-9-5-6-11(7-9)10-3-2-4-12(8-10)13(14,15)16;1-16-5-7-17(8-6-16)11-4-2-3-10(9-11)12(13,14)15;1-16-7-6-9(8-16)10-4-2-3-5-11(10)12(13,14)15;1-13-7-6-10(8-13)9-2-4-11(12)5-3-9;1-16-4-6-17(7-5-16)10-3-2-9(8-15-10)11(12,13)14;1-13-5-4-10-3-2-9(7-12)6-11(10)8-13;1-9-3-4-10-5-6-12(2)8-11(10)7-9;1-12-8-4-7-10-5-2-3-6-11(10)9-12;1-12-8-6-10-4-2-3-5-11(10)7-9-12/h2-4,8-9,11H,5-7H2,1H3;2-4,9H,5-8H2,1H3;2-5,9H,6-8H2,1H3;2-5,10H,6-8H2,1H3;2-3,8H,4-7H2,1H3;2-3,6H,4-5,8H2,1H3;3-4,7H,5-6,8H2,1-2H3;2-3,5-6H,4,7-9H2,1H3;2-5H,6-9H2,1H3. The van der Waals surface area contributed by atoms with Crippen LogP contribution >= 0.6 is 11.6 Å². The lowest BCUT2D eigenvalue weighted by Crippen LogP contribution is -2.44. The summed E-state index contributed by atoms with van der Waals surface area (Å²) in [6.07, 6.45) is -3.59. The fourth-order valence-corrected chi connectivity index (χ4v) is 17.8. The summed E-state index contributed by atoms with van der Waals surface area (Å²) in [5.74, 6) is 2.30. The SMILES string of the molecule is CC1CCC(c2cccc(C(F)(F)F)c2)C1.CN1CCC(c2ccc(Cl)cc2)C1.CN1CCC(c2ccccc2C(F)(F)F)C1.CN1CCCc2ccccc2C1.CN1CCN(c2ccc(C(F)(F)F)cn2)CC1.CN1CCN(c2cccc(C(F)(F)F)c2)CC1.CN1CCc2ccc(C#N)cc2C1.CN1CCc2ccccc2CC1.Cc1ccc2c(c1)CN(C)CC2. The van der Waals surface area contributed by atoms with Crippen molar-refractivity contribution < 1.29 is 52.7 Å². The van der Waals surface area contributed by atoms with Crippen molar-refractivity contribution in [3.8, 4) is 6.07 Å². The average Bonchev–Trinajstić information content (AvgIpc) is 1.50. The lowest BCUT2D eigenvalue weighted by Gasteiger charge is -2.34. The van der Waals surface area contributed by atoms with Crippen LogP contribution in [0, 0.1) is 24.2 Å². The largest absolute Gasteiger partial charge is 0.417 e. The van der Waals surface area contributed by atoms with Crippen LogP contribution in [0.1, 0.15) is 158 Å². The number of pyridine rings is 1. The van der Waals surface area contributed by atoms with E-state index in [2.05, 4.69) is 184 Å². The van der Waals surface area contributed by atoms with Gasteiger partial charge in [0.15, 0.2) is 0 Å². The van der Waals surface area contributed by atoms with Crippen molar-refractivity contribution in [1.29, 1.82) is 5.26 Å². The summed E-state index contributed by atoms with van der Waals surface area (Å²) in [7, 11) is 16.9. The first-order valence-corrected chi connectivity index (χ1v) is 45.3. The van der Waals surface area contributed by atoms with E-state index < -0.39 is 47.0 Å². The third-order valence-corrected chi connectivity index (χ3v) is 25.7. The van der Waals surface area contributed by atoms with E-state index in [0.717, 1.165) is 158 Å². The number of benzene rings is 8. The fraction of sp³-hybridized carbons (Fsp3) is 0.476. The molecule has 8 aromatic carbocycles. The van der Waals surface area contributed by atoms with Crippen LogP contribution in [0.15, 0.2) is 200 Å². The first-order chi connectivity index (χ1) is 60.9. The number of aromatic nitrogens is 1. The highest BCUT2D eigenvalue weighted by atomic mass is 35.5. The smallest absolute Gasteiger partial charge is 0.369 e. The molecule has 5 fully saturated rings. The second kappa shape index (κ2) is 48.3. The first-order valence-electron chi connectivity index (χ1n) is 44.9. The second-order valence-electron chi connectivity index (χ2n) is 35.9. The predicted octanol–water partition coefficient (Wildman–Crippen LogP) is 22.1. The molecule has 4 unspecified atom stereocenters. The molecule has 0 spiro atoms. The van der Waals surface area contributed by atoms with E-state index in [-0.39, 0.29) is 5.92 Å². The van der Waals surface area contributed by atoms with Gasteiger partial charge in [-0.3, -0.25) is 0 Å². The molecule has 12 nitrogen and oxygen atoms in total. The Morgan fingerprint density at radius 2 is 0.836 bits per heavy atom. The number of likely N-dealkylation sites (tertiary alicyclic amines) is 2. The van der Waals surface area contributed by atoms with Gasteiger partial charge in [0, 0.05) is 128 Å². The summed E-state index contributed by atoms with van der Waals surface area (Å²) < 4.78 is 151. The van der Waals surface area contributed by atoms with Crippen molar-refractivity contribution in [1.82, 2.24) is 44.2 Å². The van der Waals surface area contributed by atoms with Gasteiger partial charge in [-0.25, -0.2) is 4.98 Å². The maximum absolute atomic E-state index is 12.8. The molecular formula is C103H129ClF12N12. The van der Waals surface area contributed by atoms with Crippen molar-refractivity contribution in [3.05, 3.63) is 300 Å². The van der Waals surface area contributed by atoms with E-state index in [0.29, 0.717) is 41.4 Å². The van der Waals surface area contributed by atoms with Gasteiger partial charge in [0.1, 0.15) is 5.82 Å². The third kappa shape index (κ3) is 32.3. The van der Waals surface area contributed by atoms with E-state index >= 15 is 0 Å². The van der Waals surface area contributed by atoms with Gasteiger partial charge in [-0.15, -0.1) is 0 Å². The zero-order chi connectivity index (χ0) is 92.3. The van der Waals surface area contributed by atoms with Crippen LogP contribution in [0.4, 0.5) is 64.2 Å². The number of nitriles is 1. The van der Waals surface area contributed by atoms with Crippen LogP contribution in [-0.4, -0.2) is 212 Å². The zero-order valence-electron chi connectivity index (χ0n) is 76.1. The van der Waals surface area contributed by atoms with Crippen LogP contribution in [0.25, 0.3) is 0 Å². The Morgan fingerprint density at radius 1 is 0.359 bits per heavy atom. The summed E-state index contributed by atoms with van der Waals surface area (Å²) in [6, 6.07) is 60.6. The second-order valence-corrected chi connectivity index (χ2v) is 36.4. The monoisotopic (exact) mass is 1800 g/mol. The van der Waals surface area contributed by atoms with E-state index in [1.807, 2.05) is 61.3 Å². The van der Waals surface area contributed by atoms with E-state index in [9.17, 15) is 52.7 Å². The van der Waals surface area contributed by atoms with Crippen molar-refractivity contribution in [3.63, 3.8) is 0 Å². The molecule has 1 saturated carbocycles. The maximum Gasteiger partial charge on any atom is 0.417 e. The molecule has 18 rings (SSSR count). The lowest BCUT2D eigenvalue weighted by molar-refractivity contribution is -0.139. The Balaban J connectivity index is 0.000000150. The number of anilines is 2. The molecule has 0 N–H and O–H groups in total. The van der Waals surface area contributed by atoms with Gasteiger partial charge < -0.3 is 49.0 Å². The molecule has 9 heterocycles. The number of fused-ring (bicyclic) bond motifs is 4. The van der Waals surface area contributed by atoms with Crippen molar-refractivity contribution in [2.45, 2.75) is 147 Å². The van der Waals surface area contributed by atoms with Gasteiger partial charge in [-0.1, -0.05) is 158 Å². The minimum Gasteiger partial charge on any atom is -0.369 e. The normalized spacial score (nSPS) is 20.1. The number of nitrogens with zero attached hydrogens (tertiary/aromatic N) is 12. The van der Waals surface area contributed by atoms with Crippen LogP contribution in [-0.2, 0) is 76.4 Å². The highest BCUT2D eigenvalue weighted by molar-refractivity contribution is 6.30. The molecule has 0 radical (unpaired) electrons. The summed E-state index contributed by atoms with van der Waals surface area (Å²) in [6.45, 7) is 24.2. The minimum atomic E-state index is -4.31. The van der Waals surface area contributed by atoms with Crippen molar-refractivity contribution in [2.24, 2.45) is 5.92 Å². The summed E-state index contributed by atoms with van der Waals surface area (Å²) in [5, 5.41) is 9.57. The zero-order valence-corrected chi connectivity index (χ0v) is 76.8. The summed E-state index contributed by atoms with van der Waals surface area (Å²) in [4.78, 5) is 26.1. The van der Waals surface area contributed by atoms with Crippen LogP contribution in [0.2, 0.25) is 5.02 Å². The predicted molar refractivity (Wildman–Crippen MR) is 495 cm³/mol. The molecule has 4 atom stereocenters. The maximum atomic E-state index is 12.8. The Bertz CT molecular complexity index is 4880. The Morgan fingerprint density at radius 3 is 1.36 bits per heavy atom. The average molecular weight is 1800 g/mol. The van der Waals surface area contributed by atoms with Crippen molar-refractivity contribution >= 4 is 23.1 Å². The minimum absolute atomic E-state index is 0.0165. The van der Waals surface area contributed by atoms with E-state index in [1.165, 1.54) is 154 Å². The quantitative estimate of drug-likeness (QED) is 0.154. The Kier molecular flexibility index (Phi) is 38.2. The molecule has 692 valence electrons. The van der Waals surface area contributed by atoms with Crippen LogP contribution in [0.5, 0.6) is 0 Å². The molecule has 25 heteroatoms. The third-order valence-electron chi connectivity index (χ3n) is 25.4. The van der Waals surface area contributed by atoms with Crippen molar-refractivity contribution in [2.75, 3.05) is 177 Å². The first kappa shape index (κ1) is 101. The highest BCUT2D eigenvalue weighted by Crippen LogP contribution is 2.42. The molecule has 0 bridgehead atoms. The number of halogens is 13. The lowest BCUT2D eigenvalue weighted by atomic mass is 9.93. The van der Waals surface area contributed by atoms with Gasteiger partial charge in [0.25, 0.3) is 0 Å². The van der Waals surface area contributed by atoms with Gasteiger partial charge in [0.05, 0.1) is 33.9 Å². The van der Waals surface area contributed by atoms with Crippen LogP contribution < -0.4 is 9.80 Å². The number of piperazine rings is 2. The topological polar surface area (TPSA) is 69.1 Å². The Hall–Kier alpha value is -8.87. The molecule has 1 aromatic heterocycles. The number of alkyl halides is 12. The molecule has 0 amide bonds. The number of hydrogen-bond donors (Lipinski definition) is 0. The van der Waals surface area contributed by atoms with Gasteiger partial charge in [-0.05, 0) is 299 Å². The van der Waals surface area contributed by atoms with E-state index in [1.54, 1.807) is 40.5 Å². The number of hydrogen-bond acceptors (Lipinski definition) is 12. The van der Waals surface area contributed by atoms with Gasteiger partial charge >= 0.3 is 24.7 Å². The number of likely N-dealkylation sites (N-methyl/N-ethyl adjacent to an activating group) is 7. The molecule has 9 aliphatic rings. The molecular weight excluding hydrogens is 1670 g/mol. The van der Waals surface area contributed by atoms with Crippen LogP contribution in [0.3, 0.4) is 0 Å². The summed E-state index contributed by atoms with van der Waals surface area (Å²) in [5.41, 5.74) is 15.2. The Labute approximate surface area is 757 Å². The fourth-order valence-electron chi connectivity index (χ4n) is 17.7. The number of aryl methyl sites for hydroxylation is 2. The molecule has 8 aliphatic heterocycles.